The van der Waals surface area contributed by atoms with Gasteiger partial charge in [0, 0.05) is 120 Å². The van der Waals surface area contributed by atoms with E-state index in [4.69, 9.17) is 23.0 Å². The van der Waals surface area contributed by atoms with Gasteiger partial charge in [0.25, 0.3) is 0 Å². The number of phenols is 2. The van der Waals surface area contributed by atoms with Crippen molar-refractivity contribution in [1.82, 2.24) is 29.6 Å². The Kier molecular flexibility index (Phi) is 15.9. The molecule has 3 fully saturated rings. The van der Waals surface area contributed by atoms with Gasteiger partial charge in [-0.2, -0.15) is 0 Å². The molecule has 0 amide bonds. The summed E-state index contributed by atoms with van der Waals surface area (Å²) in [6.07, 6.45) is 13.1. The van der Waals surface area contributed by atoms with Crippen LogP contribution in [0.15, 0.2) is 137 Å². The number of ether oxygens (including phenoxy) is 3. The molecule has 1 saturated carbocycles. The Balaban J connectivity index is 0.000000167. The number of methoxy groups -OCH3 is 2. The van der Waals surface area contributed by atoms with Gasteiger partial charge in [0.2, 0.25) is 5.88 Å². The predicted molar refractivity (Wildman–Crippen MR) is 305 cm³/mol. The highest BCUT2D eigenvalue weighted by Gasteiger charge is 2.36. The second-order valence-electron chi connectivity index (χ2n) is 21.2. The monoisotopic (exact) mass is 1060 g/mol. The number of likely N-dealkylation sites (N-methyl/N-ethyl adjacent to an activating group) is 2. The molecule has 3 aliphatic rings. The maximum atomic E-state index is 12.9. The zero-order valence-electron chi connectivity index (χ0n) is 45.4. The molecule has 79 heavy (non-hydrogen) atoms. The Morgan fingerprint density at radius 3 is 1.57 bits per heavy atom. The number of pyridine rings is 2. The number of esters is 2. The van der Waals surface area contributed by atoms with Crippen molar-refractivity contribution in [2.24, 2.45) is 5.92 Å². The van der Waals surface area contributed by atoms with Gasteiger partial charge in [-0.3, -0.25) is 14.8 Å². The fourth-order valence-corrected chi connectivity index (χ4v) is 12.1. The van der Waals surface area contributed by atoms with Crippen LogP contribution < -0.4 is 4.74 Å². The molecule has 15 heteroatoms. The molecule has 2 aliphatic heterocycles. The first-order valence-corrected chi connectivity index (χ1v) is 27.5. The molecule has 2 N–H and O–H groups in total. The van der Waals surface area contributed by atoms with Crippen LogP contribution in [0.3, 0.4) is 0 Å². The van der Waals surface area contributed by atoms with Gasteiger partial charge in [-0.15, -0.1) is 0 Å². The number of aryl methyl sites for hydroxylation is 2. The van der Waals surface area contributed by atoms with Crippen molar-refractivity contribution in [3.63, 3.8) is 0 Å². The molecule has 0 bridgehead atoms. The third kappa shape index (κ3) is 10.9. The minimum absolute atomic E-state index is 0.138. The molecule has 9 aromatic rings. The molecule has 5 aromatic carbocycles. The van der Waals surface area contributed by atoms with Crippen molar-refractivity contribution >= 4 is 55.4 Å². The number of aromatic nitrogens is 2. The van der Waals surface area contributed by atoms with Gasteiger partial charge in [0.1, 0.15) is 46.3 Å². The lowest BCUT2D eigenvalue weighted by Crippen LogP contribution is -2.46. The summed E-state index contributed by atoms with van der Waals surface area (Å²) in [5, 5.41) is 27.9. The molecule has 12 rings (SSSR count). The fraction of sp³-hybridized carbons (Fsp3) is 0.344. The van der Waals surface area contributed by atoms with Gasteiger partial charge in [-0.25, -0.2) is 14.6 Å². The van der Waals surface area contributed by atoms with Crippen molar-refractivity contribution in [3.05, 3.63) is 173 Å². The Labute approximate surface area is 459 Å². The van der Waals surface area contributed by atoms with E-state index in [9.17, 15) is 19.8 Å². The van der Waals surface area contributed by atoms with Crippen LogP contribution in [0.4, 0.5) is 0 Å². The van der Waals surface area contributed by atoms with E-state index in [1.165, 1.54) is 58.0 Å². The van der Waals surface area contributed by atoms with Crippen LogP contribution >= 0.6 is 0 Å². The lowest BCUT2D eigenvalue weighted by molar-refractivity contribution is 0.0592. The highest BCUT2D eigenvalue weighted by atomic mass is 16.5. The number of phenolic OH excluding ortho intramolecular Hbond substituents is 2. The fourth-order valence-electron chi connectivity index (χ4n) is 12.1. The average Bonchev–Trinajstić information content (AvgIpc) is 4.43. The van der Waals surface area contributed by atoms with Crippen molar-refractivity contribution in [2.45, 2.75) is 50.6 Å². The average molecular weight is 1070 g/mol. The van der Waals surface area contributed by atoms with E-state index in [2.05, 4.69) is 74.0 Å². The number of fused-ring (bicyclic) bond motifs is 6. The summed E-state index contributed by atoms with van der Waals surface area (Å²) in [7, 11) is 6.96. The van der Waals surface area contributed by atoms with E-state index in [1.54, 1.807) is 6.20 Å². The van der Waals surface area contributed by atoms with Gasteiger partial charge >= 0.3 is 11.9 Å². The molecule has 6 heterocycles. The molecular formula is C64H68N6O9. The summed E-state index contributed by atoms with van der Waals surface area (Å²) >= 11 is 0. The Morgan fingerprint density at radius 2 is 1.06 bits per heavy atom. The molecule has 1 aliphatic carbocycles. The van der Waals surface area contributed by atoms with Crippen LogP contribution in [-0.4, -0.2) is 139 Å². The van der Waals surface area contributed by atoms with Gasteiger partial charge in [0.15, 0.2) is 0 Å². The molecule has 2 atom stereocenters. The Bertz CT molecular complexity index is 3610. The maximum Gasteiger partial charge on any atom is 0.341 e. The van der Waals surface area contributed by atoms with Crippen LogP contribution in [0.1, 0.15) is 92.0 Å². The summed E-state index contributed by atoms with van der Waals surface area (Å²) in [5.74, 6) is 0.444. The molecule has 0 spiro atoms. The van der Waals surface area contributed by atoms with E-state index in [0.717, 1.165) is 92.8 Å². The van der Waals surface area contributed by atoms with Crippen molar-refractivity contribution < 1.29 is 42.8 Å². The summed E-state index contributed by atoms with van der Waals surface area (Å²) in [6, 6.07) is 33.0. The molecule has 15 nitrogen and oxygen atoms in total. The van der Waals surface area contributed by atoms with Crippen LogP contribution in [0, 0.1) is 5.92 Å². The number of hydrogen-bond donors (Lipinski definition) is 2. The summed E-state index contributed by atoms with van der Waals surface area (Å²) in [6.45, 7) is 7.43. The number of benzene rings is 5. The number of nitrogens with zero attached hydrogens (tertiary/aromatic N) is 6. The van der Waals surface area contributed by atoms with E-state index in [-0.39, 0.29) is 23.6 Å². The number of furan rings is 2. The highest BCUT2D eigenvalue weighted by Crippen LogP contribution is 2.49. The summed E-state index contributed by atoms with van der Waals surface area (Å²) in [5.41, 5.74) is 7.25. The number of rotatable bonds is 14. The van der Waals surface area contributed by atoms with Gasteiger partial charge in [-0.05, 0) is 80.6 Å². The lowest BCUT2D eigenvalue weighted by atomic mass is 9.88. The van der Waals surface area contributed by atoms with Crippen molar-refractivity contribution in [1.29, 1.82) is 0 Å². The van der Waals surface area contributed by atoms with Crippen LogP contribution in [0.25, 0.3) is 43.5 Å². The van der Waals surface area contributed by atoms with Crippen LogP contribution in [0.2, 0.25) is 0 Å². The molecule has 408 valence electrons. The maximum absolute atomic E-state index is 12.9. The molecular weight excluding hydrogens is 997 g/mol. The smallest absolute Gasteiger partial charge is 0.341 e. The second kappa shape index (κ2) is 23.6. The minimum Gasteiger partial charge on any atom is -0.507 e. The Morgan fingerprint density at radius 1 is 0.595 bits per heavy atom. The predicted octanol–water partition coefficient (Wildman–Crippen LogP) is 11.0. The highest BCUT2D eigenvalue weighted by molar-refractivity contribution is 6.17. The van der Waals surface area contributed by atoms with E-state index < -0.39 is 11.9 Å². The largest absolute Gasteiger partial charge is 0.507 e. The van der Waals surface area contributed by atoms with Gasteiger partial charge in [-0.1, -0.05) is 91.7 Å². The van der Waals surface area contributed by atoms with E-state index >= 15 is 0 Å². The summed E-state index contributed by atoms with van der Waals surface area (Å²) < 4.78 is 28.5. The molecule has 0 radical (unpaired) electrons. The van der Waals surface area contributed by atoms with Crippen LogP contribution in [-0.2, 0) is 22.3 Å². The SMILES string of the molecule is COC(=O)c1coc2c1c(C(c1ccnc(CCc3ccccc3)c1)N1CCN(C)CC1)c(O)c1ccccc12.COC(=O)c1coc2c1c(C(c1ccnc(OCC3CCCC3)c1)N1CCN(C)CC1)c(O)c1ccccc12. The number of carbonyl (C=O) groups is 2. The standard InChI is InChI=1S/C33H33N3O4.C31H35N3O5/c1-35-16-18-36(19-17-35)30(23-14-15-34-24(20-23)13-12-22-8-4-3-5-9-22)29-28-27(33(38)39-2)21-40-32(28)26-11-7-6-10-25(26)31(29)37;1-33-13-15-34(16-14-33)28(21-11-12-32-25(17-21)38-18-20-7-3-4-8-20)27-26-24(31(36)37-2)19-39-30(26)23-10-6-5-9-22(23)29(27)35/h3-11,14-15,20-21,30,37H,12-13,16-19H2,1-2H3;5-6,9-12,17,19-20,28,35H,3-4,7-8,13-16,18H2,1-2H3. The zero-order valence-corrected chi connectivity index (χ0v) is 45.4. The van der Waals surface area contributed by atoms with E-state index in [0.29, 0.717) is 73.4 Å². The molecule has 4 aromatic heterocycles. The third-order valence-corrected chi connectivity index (χ3v) is 16.3. The third-order valence-electron chi connectivity index (χ3n) is 16.3. The Hall–Kier alpha value is -7.82. The van der Waals surface area contributed by atoms with Crippen molar-refractivity contribution in [3.8, 4) is 17.4 Å². The van der Waals surface area contributed by atoms with Crippen LogP contribution in [0.5, 0.6) is 17.4 Å². The zero-order chi connectivity index (χ0) is 54.6. The first-order valence-electron chi connectivity index (χ1n) is 27.5. The number of hydrogen-bond acceptors (Lipinski definition) is 15. The normalized spacial score (nSPS) is 16.8. The molecule has 2 unspecified atom stereocenters. The number of carbonyl (C=O) groups excluding carboxylic acids is 2. The van der Waals surface area contributed by atoms with Gasteiger partial charge < -0.3 is 43.1 Å². The topological polar surface area (TPSA) is 167 Å². The van der Waals surface area contributed by atoms with Gasteiger partial charge in [0.05, 0.1) is 32.9 Å². The second-order valence-corrected chi connectivity index (χ2v) is 21.2. The first kappa shape index (κ1) is 53.2. The lowest BCUT2D eigenvalue weighted by Gasteiger charge is -2.39. The summed E-state index contributed by atoms with van der Waals surface area (Å²) in [4.78, 5) is 44.4. The number of piperazine rings is 2. The number of aromatic hydroxyl groups is 2. The van der Waals surface area contributed by atoms with E-state index in [1.807, 2.05) is 79.0 Å². The molecule has 2 saturated heterocycles. The van der Waals surface area contributed by atoms with Crippen molar-refractivity contribution in [2.75, 3.05) is 87.3 Å². The minimum atomic E-state index is -0.503. The quantitative estimate of drug-likeness (QED) is 0.0987. The first-order chi connectivity index (χ1) is 38.6.